The van der Waals surface area contributed by atoms with Crippen LogP contribution in [-0.2, 0) is 11.2 Å². The van der Waals surface area contributed by atoms with Crippen LogP contribution in [0.1, 0.15) is 66.4 Å². The van der Waals surface area contributed by atoms with E-state index in [-0.39, 0.29) is 24.1 Å². The molecule has 0 N–H and O–H groups in total. The predicted molar refractivity (Wildman–Crippen MR) is 113 cm³/mol. The summed E-state index contributed by atoms with van der Waals surface area (Å²) in [7, 11) is 1.67. The second-order valence-electron chi connectivity index (χ2n) is 7.99. The van der Waals surface area contributed by atoms with E-state index >= 15 is 0 Å². The summed E-state index contributed by atoms with van der Waals surface area (Å²) in [4.78, 5) is 12.8. The van der Waals surface area contributed by atoms with Gasteiger partial charge in [0.15, 0.2) is 11.5 Å². The van der Waals surface area contributed by atoms with E-state index in [9.17, 15) is 4.79 Å². The quantitative estimate of drug-likeness (QED) is 0.582. The van der Waals surface area contributed by atoms with Crippen molar-refractivity contribution in [3.63, 3.8) is 0 Å². The van der Waals surface area contributed by atoms with Crippen LogP contribution in [0.15, 0.2) is 36.4 Å². The first-order chi connectivity index (χ1) is 14.1. The van der Waals surface area contributed by atoms with Crippen molar-refractivity contribution < 1.29 is 19.0 Å². The highest BCUT2D eigenvalue weighted by Gasteiger charge is 2.36. The van der Waals surface area contributed by atoms with Gasteiger partial charge in [-0.2, -0.15) is 0 Å². The van der Waals surface area contributed by atoms with E-state index in [2.05, 4.69) is 13.0 Å². The van der Waals surface area contributed by atoms with Gasteiger partial charge in [-0.1, -0.05) is 37.1 Å². The van der Waals surface area contributed by atoms with E-state index in [1.54, 1.807) is 31.4 Å². The first kappa shape index (κ1) is 20.1. The van der Waals surface area contributed by atoms with Crippen LogP contribution in [0.5, 0.6) is 11.5 Å². The Kier molecular flexibility index (Phi) is 6.00. The molecule has 0 aromatic heterocycles. The van der Waals surface area contributed by atoms with Crippen LogP contribution < -0.4 is 9.47 Å². The maximum absolute atomic E-state index is 12.8. The maximum atomic E-state index is 12.8. The van der Waals surface area contributed by atoms with Crippen LogP contribution in [0.25, 0.3) is 0 Å². The molecular weight excluding hydrogens is 388 g/mol. The average Bonchev–Trinajstić information content (AvgIpc) is 2.86. The standard InChI is InChI=1S/C24H27ClO4/c1-15-21(29-24(26)17-8-6-9-18(25)13-17)14-19-10-5-3-4-7-16-11-12-20(27-2)23(28-19)22(15)16/h6,8-9,11-13,15,19,21H,3-5,7,10,14H2,1-2H3/t15-,19?,21+/m0/s1. The third kappa shape index (κ3) is 4.23. The first-order valence-electron chi connectivity index (χ1n) is 10.4. The van der Waals surface area contributed by atoms with Gasteiger partial charge in [-0.3, -0.25) is 0 Å². The van der Waals surface area contributed by atoms with Crippen molar-refractivity contribution in [2.75, 3.05) is 7.11 Å². The van der Waals surface area contributed by atoms with Crippen LogP contribution in [0, 0.1) is 0 Å². The second kappa shape index (κ2) is 8.66. The third-order valence-electron chi connectivity index (χ3n) is 6.05. The largest absolute Gasteiger partial charge is 0.493 e. The Morgan fingerprint density at radius 1 is 1.17 bits per heavy atom. The summed E-state index contributed by atoms with van der Waals surface area (Å²) < 4.78 is 18.1. The summed E-state index contributed by atoms with van der Waals surface area (Å²) in [6.45, 7) is 2.13. The highest BCUT2D eigenvalue weighted by molar-refractivity contribution is 6.30. The van der Waals surface area contributed by atoms with Crippen molar-refractivity contribution in [1.82, 2.24) is 0 Å². The first-order valence-corrected chi connectivity index (χ1v) is 10.8. The molecule has 4 nitrogen and oxygen atoms in total. The molecule has 2 aliphatic rings. The summed E-state index contributed by atoms with van der Waals surface area (Å²) in [6, 6.07) is 11.0. The molecule has 1 unspecified atom stereocenters. The van der Waals surface area contributed by atoms with Crippen LogP contribution in [-0.4, -0.2) is 25.3 Å². The lowest BCUT2D eigenvalue weighted by Crippen LogP contribution is -2.28. The van der Waals surface area contributed by atoms with Crippen LogP contribution in [0.4, 0.5) is 0 Å². The lowest BCUT2D eigenvalue weighted by Gasteiger charge is -2.25. The number of halogens is 1. The molecule has 4 bridgehead atoms. The zero-order valence-corrected chi connectivity index (χ0v) is 17.7. The SMILES string of the molecule is COc1ccc2c3c1OC(CCCCC2)C[C@@H](OC(=O)c1cccc(Cl)c1)[C@@H]3C. The van der Waals surface area contributed by atoms with Crippen molar-refractivity contribution in [3.05, 3.63) is 58.1 Å². The number of hydrogen-bond donors (Lipinski definition) is 0. The molecule has 0 saturated carbocycles. The molecular formula is C24H27ClO4. The van der Waals surface area contributed by atoms with Gasteiger partial charge >= 0.3 is 5.97 Å². The van der Waals surface area contributed by atoms with Crippen molar-refractivity contribution in [2.24, 2.45) is 0 Å². The van der Waals surface area contributed by atoms with Crippen molar-refractivity contribution in [1.29, 1.82) is 0 Å². The molecule has 0 amide bonds. The summed E-state index contributed by atoms with van der Waals surface area (Å²) in [5.41, 5.74) is 2.86. The minimum atomic E-state index is -0.342. The van der Waals surface area contributed by atoms with Gasteiger partial charge in [0.05, 0.1) is 12.7 Å². The molecule has 5 heteroatoms. The van der Waals surface area contributed by atoms with Crippen LogP contribution >= 0.6 is 11.6 Å². The Hall–Kier alpha value is -2.20. The Bertz CT molecular complexity index is 894. The van der Waals surface area contributed by atoms with Gasteiger partial charge in [0.2, 0.25) is 0 Å². The maximum Gasteiger partial charge on any atom is 0.338 e. The predicted octanol–water partition coefficient (Wildman–Crippen LogP) is 5.95. The minimum Gasteiger partial charge on any atom is -0.493 e. The van der Waals surface area contributed by atoms with E-state index in [4.69, 9.17) is 25.8 Å². The average molecular weight is 415 g/mol. The van der Waals surface area contributed by atoms with Crippen LogP contribution in [0.3, 0.4) is 0 Å². The number of fused-ring (bicyclic) bond motifs is 1. The van der Waals surface area contributed by atoms with Gasteiger partial charge < -0.3 is 14.2 Å². The Morgan fingerprint density at radius 2 is 2.03 bits per heavy atom. The second-order valence-corrected chi connectivity index (χ2v) is 8.42. The molecule has 0 radical (unpaired) electrons. The Morgan fingerprint density at radius 3 is 2.83 bits per heavy atom. The van der Waals surface area contributed by atoms with Gasteiger partial charge in [0, 0.05) is 22.9 Å². The summed E-state index contributed by atoms with van der Waals surface area (Å²) in [5, 5.41) is 0.526. The van der Waals surface area contributed by atoms with Gasteiger partial charge in [-0.25, -0.2) is 4.79 Å². The normalized spacial score (nSPS) is 23.6. The number of esters is 1. The van der Waals surface area contributed by atoms with E-state index in [1.165, 1.54) is 12.0 Å². The monoisotopic (exact) mass is 414 g/mol. The summed E-state index contributed by atoms with van der Waals surface area (Å²) in [6.07, 6.45) is 5.80. The molecule has 0 saturated heterocycles. The minimum absolute atomic E-state index is 0.00175. The number of aryl methyl sites for hydroxylation is 1. The topological polar surface area (TPSA) is 44.8 Å². The third-order valence-corrected chi connectivity index (χ3v) is 6.29. The number of ether oxygens (including phenoxy) is 3. The highest BCUT2D eigenvalue weighted by atomic mass is 35.5. The molecule has 2 aliphatic heterocycles. The summed E-state index contributed by atoms with van der Waals surface area (Å²) in [5.74, 6) is 1.25. The van der Waals surface area contributed by atoms with Crippen LogP contribution in [0.2, 0.25) is 5.02 Å². The number of rotatable bonds is 3. The lowest BCUT2D eigenvalue weighted by molar-refractivity contribution is 0.0140. The zero-order valence-electron chi connectivity index (χ0n) is 16.9. The Balaban J connectivity index is 1.71. The lowest BCUT2D eigenvalue weighted by atomic mass is 9.87. The van der Waals surface area contributed by atoms with Gasteiger partial charge in [0.1, 0.15) is 12.2 Å². The molecule has 0 fully saturated rings. The van der Waals surface area contributed by atoms with E-state index in [1.807, 2.05) is 6.07 Å². The van der Waals surface area contributed by atoms with E-state index < -0.39 is 0 Å². The summed E-state index contributed by atoms with van der Waals surface area (Å²) >= 11 is 6.06. The molecule has 29 heavy (non-hydrogen) atoms. The fourth-order valence-corrected chi connectivity index (χ4v) is 4.69. The number of hydrogen-bond acceptors (Lipinski definition) is 4. The van der Waals surface area contributed by atoms with Crippen molar-refractivity contribution >= 4 is 17.6 Å². The molecule has 0 spiro atoms. The molecule has 2 aromatic carbocycles. The molecule has 2 heterocycles. The van der Waals surface area contributed by atoms with Gasteiger partial charge in [-0.15, -0.1) is 0 Å². The Labute approximate surface area is 177 Å². The number of carbonyl (C=O) groups is 1. The number of carbonyl (C=O) groups excluding carboxylic acids is 1. The van der Waals surface area contributed by atoms with E-state index in [0.29, 0.717) is 17.0 Å². The smallest absolute Gasteiger partial charge is 0.338 e. The van der Waals surface area contributed by atoms with Gasteiger partial charge in [-0.05, 0) is 55.5 Å². The molecule has 2 aromatic rings. The van der Waals surface area contributed by atoms with Crippen molar-refractivity contribution in [2.45, 2.75) is 63.6 Å². The highest BCUT2D eigenvalue weighted by Crippen LogP contribution is 2.45. The zero-order chi connectivity index (χ0) is 20.4. The van der Waals surface area contributed by atoms with Gasteiger partial charge in [0.25, 0.3) is 0 Å². The number of methoxy groups -OCH3 is 1. The fraction of sp³-hybridized carbons (Fsp3) is 0.458. The van der Waals surface area contributed by atoms with Crippen molar-refractivity contribution in [3.8, 4) is 11.5 Å². The number of benzene rings is 2. The molecule has 4 rings (SSSR count). The molecule has 0 aliphatic carbocycles. The van der Waals surface area contributed by atoms with E-state index in [0.717, 1.165) is 42.7 Å². The molecule has 154 valence electrons. The fourth-order valence-electron chi connectivity index (χ4n) is 4.50. The molecule has 3 atom stereocenters.